The van der Waals surface area contributed by atoms with Crippen LogP contribution in [0.25, 0.3) is 0 Å². The van der Waals surface area contributed by atoms with Crippen molar-refractivity contribution in [1.82, 2.24) is 5.32 Å². The molecule has 2 aromatic carbocycles. The summed E-state index contributed by atoms with van der Waals surface area (Å²) in [5.74, 6) is 1.32. The number of piperidine rings is 1. The van der Waals surface area contributed by atoms with Crippen molar-refractivity contribution in [2.24, 2.45) is 5.92 Å². The van der Waals surface area contributed by atoms with Gasteiger partial charge in [-0.15, -0.1) is 11.8 Å². The first-order valence-corrected chi connectivity index (χ1v) is 11.1. The van der Waals surface area contributed by atoms with Crippen LogP contribution < -0.4 is 10.2 Å². The molecule has 0 spiro atoms. The molecule has 1 aliphatic rings. The van der Waals surface area contributed by atoms with Crippen LogP contribution in [0.4, 0.5) is 10.1 Å². The van der Waals surface area contributed by atoms with Gasteiger partial charge in [-0.2, -0.15) is 0 Å². The molecule has 150 valence electrons. The summed E-state index contributed by atoms with van der Waals surface area (Å²) in [6, 6.07) is 15.2. The maximum Gasteiger partial charge on any atom is 0.230 e. The van der Waals surface area contributed by atoms with Gasteiger partial charge in [-0.05, 0) is 55.0 Å². The number of nitrogens with zero attached hydrogens (tertiary/aromatic N) is 1. The van der Waals surface area contributed by atoms with Gasteiger partial charge in [0.2, 0.25) is 5.91 Å². The number of amides is 1. The molecule has 1 heterocycles. The number of rotatable bonds is 7. The largest absolute Gasteiger partial charge is 0.371 e. The number of thioether (sulfide) groups is 1. The molecule has 2 aromatic rings. The van der Waals surface area contributed by atoms with Gasteiger partial charge >= 0.3 is 0 Å². The minimum atomic E-state index is -0.216. The molecule has 3 nitrogen and oxygen atoms in total. The molecule has 2 atom stereocenters. The number of hydrogen-bond acceptors (Lipinski definition) is 3. The van der Waals surface area contributed by atoms with E-state index in [-0.39, 0.29) is 17.8 Å². The Morgan fingerprint density at radius 2 is 2.00 bits per heavy atom. The summed E-state index contributed by atoms with van der Waals surface area (Å²) in [4.78, 5) is 14.7. The summed E-state index contributed by atoms with van der Waals surface area (Å²) >= 11 is 1.43. The highest BCUT2D eigenvalue weighted by Crippen LogP contribution is 2.24. The molecule has 1 fully saturated rings. The van der Waals surface area contributed by atoms with Crippen LogP contribution in [-0.4, -0.2) is 24.7 Å². The molecule has 0 bridgehead atoms. The lowest BCUT2D eigenvalue weighted by atomic mass is 9.99. The van der Waals surface area contributed by atoms with E-state index in [1.165, 1.54) is 36.4 Å². The van der Waals surface area contributed by atoms with Gasteiger partial charge in [0.15, 0.2) is 0 Å². The normalized spacial score (nSPS) is 18.0. The monoisotopic (exact) mass is 400 g/mol. The lowest BCUT2D eigenvalue weighted by Gasteiger charge is -2.33. The molecule has 3 rings (SSSR count). The van der Waals surface area contributed by atoms with E-state index in [0.717, 1.165) is 24.6 Å². The molecule has 1 N–H and O–H groups in total. The molecular formula is C23H29FN2OS. The highest BCUT2D eigenvalue weighted by Gasteiger charge is 2.17. The fourth-order valence-corrected chi connectivity index (χ4v) is 4.46. The molecule has 0 aliphatic carbocycles. The summed E-state index contributed by atoms with van der Waals surface area (Å²) in [5.41, 5.74) is 2.99. The summed E-state index contributed by atoms with van der Waals surface area (Å²) in [5, 5.41) is 3.04. The maximum atomic E-state index is 13.6. The molecule has 5 heteroatoms. The van der Waals surface area contributed by atoms with Crippen molar-refractivity contribution >= 4 is 23.4 Å². The number of carbonyl (C=O) groups is 1. The van der Waals surface area contributed by atoms with Crippen LogP contribution in [0, 0.1) is 11.7 Å². The van der Waals surface area contributed by atoms with Gasteiger partial charge in [0.05, 0.1) is 11.8 Å². The Balaban J connectivity index is 1.46. The van der Waals surface area contributed by atoms with Gasteiger partial charge in [-0.25, -0.2) is 4.39 Å². The quantitative estimate of drug-likeness (QED) is 0.696. The van der Waals surface area contributed by atoms with E-state index >= 15 is 0 Å². The Morgan fingerprint density at radius 3 is 2.71 bits per heavy atom. The number of hydrogen-bond donors (Lipinski definition) is 1. The number of anilines is 1. The first-order chi connectivity index (χ1) is 13.5. The van der Waals surface area contributed by atoms with E-state index in [2.05, 4.69) is 41.4 Å². The highest BCUT2D eigenvalue weighted by atomic mass is 32.2. The summed E-state index contributed by atoms with van der Waals surface area (Å²) in [6.07, 6.45) is 2.56. The van der Waals surface area contributed by atoms with E-state index in [1.54, 1.807) is 12.1 Å². The zero-order valence-electron chi connectivity index (χ0n) is 16.7. The molecule has 0 aromatic heterocycles. The Hall–Kier alpha value is -2.01. The molecule has 0 unspecified atom stereocenters. The van der Waals surface area contributed by atoms with E-state index in [0.29, 0.717) is 17.1 Å². The number of benzene rings is 2. The zero-order chi connectivity index (χ0) is 19.9. The van der Waals surface area contributed by atoms with Crippen molar-refractivity contribution in [1.29, 1.82) is 0 Å². The predicted octanol–water partition coefficient (Wildman–Crippen LogP) is 5.17. The minimum Gasteiger partial charge on any atom is -0.371 e. The molecule has 28 heavy (non-hydrogen) atoms. The number of carbonyl (C=O) groups excluding carboxylic acids is 1. The van der Waals surface area contributed by atoms with Crippen molar-refractivity contribution < 1.29 is 9.18 Å². The van der Waals surface area contributed by atoms with Crippen LogP contribution in [0.2, 0.25) is 0 Å². The second-order valence-electron chi connectivity index (χ2n) is 7.66. The van der Waals surface area contributed by atoms with Crippen molar-refractivity contribution in [3.8, 4) is 0 Å². The molecular weight excluding hydrogens is 371 g/mol. The van der Waals surface area contributed by atoms with Crippen LogP contribution in [0.5, 0.6) is 0 Å². The van der Waals surface area contributed by atoms with Crippen LogP contribution in [0.3, 0.4) is 0 Å². The van der Waals surface area contributed by atoms with Crippen LogP contribution in [0.1, 0.15) is 43.9 Å². The van der Waals surface area contributed by atoms with Crippen LogP contribution in [0.15, 0.2) is 48.5 Å². The Morgan fingerprint density at radius 1 is 1.25 bits per heavy atom. The SMILES string of the molecule is C[C@@H]1CCCN(c2ccc([C@H](C)NC(=O)CSCc3ccccc3F)cc2)C1. The standard InChI is InChI=1S/C23H29FN2OS/c1-17-6-5-13-26(14-17)21-11-9-19(10-12-21)18(2)25-23(27)16-28-15-20-7-3-4-8-22(20)24/h3-4,7-12,17-18H,5-6,13-16H2,1-2H3,(H,25,27)/t17-,18+/m1/s1. The second-order valence-corrected chi connectivity index (χ2v) is 8.64. The third kappa shape index (κ3) is 5.74. The molecule has 0 saturated carbocycles. The first kappa shape index (κ1) is 20.7. The molecule has 1 aliphatic heterocycles. The topological polar surface area (TPSA) is 32.3 Å². The van der Waals surface area contributed by atoms with Crippen molar-refractivity contribution in [2.45, 2.75) is 38.5 Å². The Bertz CT molecular complexity index is 780. The summed E-state index contributed by atoms with van der Waals surface area (Å²) in [6.45, 7) is 6.54. The summed E-state index contributed by atoms with van der Waals surface area (Å²) < 4.78 is 13.6. The minimum absolute atomic E-state index is 0.0252. The molecule has 0 radical (unpaired) electrons. The van der Waals surface area contributed by atoms with Crippen LogP contribution in [-0.2, 0) is 10.5 Å². The Labute approximate surface area is 171 Å². The third-order valence-electron chi connectivity index (χ3n) is 5.24. The molecule has 1 saturated heterocycles. The van der Waals surface area contributed by atoms with Gasteiger partial charge in [-0.3, -0.25) is 4.79 Å². The van der Waals surface area contributed by atoms with E-state index < -0.39 is 0 Å². The number of nitrogens with one attached hydrogen (secondary N) is 1. The van der Waals surface area contributed by atoms with Crippen molar-refractivity contribution in [2.75, 3.05) is 23.7 Å². The lowest BCUT2D eigenvalue weighted by Crippen LogP contribution is -2.34. The number of halogens is 1. The second kappa shape index (κ2) is 9.97. The van der Waals surface area contributed by atoms with E-state index in [9.17, 15) is 9.18 Å². The summed E-state index contributed by atoms with van der Waals surface area (Å²) in [7, 11) is 0. The zero-order valence-corrected chi connectivity index (χ0v) is 17.5. The maximum absolute atomic E-state index is 13.6. The van der Waals surface area contributed by atoms with Gasteiger partial charge < -0.3 is 10.2 Å². The fourth-order valence-electron chi connectivity index (χ4n) is 3.63. The predicted molar refractivity (Wildman–Crippen MR) is 116 cm³/mol. The van der Waals surface area contributed by atoms with Gasteiger partial charge in [0.1, 0.15) is 5.82 Å². The van der Waals surface area contributed by atoms with Crippen molar-refractivity contribution in [3.05, 3.63) is 65.5 Å². The molecule has 1 amide bonds. The smallest absolute Gasteiger partial charge is 0.230 e. The average Bonchev–Trinajstić information content (AvgIpc) is 2.69. The van der Waals surface area contributed by atoms with Crippen LogP contribution >= 0.6 is 11.8 Å². The Kier molecular flexibility index (Phi) is 7.37. The van der Waals surface area contributed by atoms with Gasteiger partial charge in [-0.1, -0.05) is 37.3 Å². The van der Waals surface area contributed by atoms with Gasteiger partial charge in [0, 0.05) is 24.5 Å². The average molecular weight is 401 g/mol. The first-order valence-electron chi connectivity index (χ1n) is 9.98. The van der Waals surface area contributed by atoms with E-state index in [1.807, 2.05) is 13.0 Å². The van der Waals surface area contributed by atoms with Gasteiger partial charge in [0.25, 0.3) is 0 Å². The highest BCUT2D eigenvalue weighted by molar-refractivity contribution is 7.99. The third-order valence-corrected chi connectivity index (χ3v) is 6.22. The lowest BCUT2D eigenvalue weighted by molar-refractivity contribution is -0.119. The van der Waals surface area contributed by atoms with E-state index in [4.69, 9.17) is 0 Å². The fraction of sp³-hybridized carbons (Fsp3) is 0.435. The van der Waals surface area contributed by atoms with Crippen molar-refractivity contribution in [3.63, 3.8) is 0 Å².